The number of nitrogens with zero attached hydrogens (tertiary/aromatic N) is 2. The van der Waals surface area contributed by atoms with Crippen LogP contribution >= 0.6 is 0 Å². The summed E-state index contributed by atoms with van der Waals surface area (Å²) >= 11 is 0. The van der Waals surface area contributed by atoms with E-state index in [9.17, 15) is 4.79 Å². The summed E-state index contributed by atoms with van der Waals surface area (Å²) in [6.07, 6.45) is 1.73. The van der Waals surface area contributed by atoms with Crippen LogP contribution in [0.5, 0.6) is 0 Å². The molecule has 1 heterocycles. The van der Waals surface area contributed by atoms with Gasteiger partial charge in [-0.25, -0.2) is 0 Å². The summed E-state index contributed by atoms with van der Waals surface area (Å²) < 4.78 is 0. The topological polar surface area (TPSA) is 85.2 Å². The van der Waals surface area contributed by atoms with E-state index >= 15 is 0 Å². The molecule has 0 unspecified atom stereocenters. The second-order valence-electron chi connectivity index (χ2n) is 3.63. The average Bonchev–Trinajstić information content (AvgIpc) is 2.28. The van der Waals surface area contributed by atoms with Gasteiger partial charge in [0, 0.05) is 19.3 Å². The summed E-state index contributed by atoms with van der Waals surface area (Å²) in [5.41, 5.74) is 12.6. The Morgan fingerprint density at radius 1 is 1.56 bits per heavy atom. The van der Waals surface area contributed by atoms with E-state index in [0.29, 0.717) is 13.1 Å². The van der Waals surface area contributed by atoms with E-state index in [2.05, 4.69) is 4.98 Å². The summed E-state index contributed by atoms with van der Waals surface area (Å²) in [6.45, 7) is 4.17. The molecular formula is C11H18N4O. The van der Waals surface area contributed by atoms with Crippen LogP contribution in [-0.4, -0.2) is 28.9 Å². The number of pyridine rings is 1. The highest BCUT2D eigenvalue weighted by Crippen LogP contribution is 2.05. The summed E-state index contributed by atoms with van der Waals surface area (Å²) in [5, 5.41) is 0. The van der Waals surface area contributed by atoms with E-state index in [0.717, 1.165) is 17.8 Å². The fraction of sp³-hybridized carbons (Fsp3) is 0.455. The minimum absolute atomic E-state index is 0.275. The van der Waals surface area contributed by atoms with E-state index in [1.807, 2.05) is 24.0 Å². The molecule has 0 saturated carbocycles. The molecule has 5 heteroatoms. The largest absolute Gasteiger partial charge is 0.369 e. The lowest BCUT2D eigenvalue weighted by atomic mass is 10.2. The molecule has 0 saturated heterocycles. The Hall–Kier alpha value is -1.46. The second kappa shape index (κ2) is 6.19. The third-order valence-electron chi connectivity index (χ3n) is 2.32. The van der Waals surface area contributed by atoms with Gasteiger partial charge in [-0.3, -0.25) is 14.7 Å². The Kier molecular flexibility index (Phi) is 4.88. The van der Waals surface area contributed by atoms with Crippen molar-refractivity contribution in [1.29, 1.82) is 0 Å². The molecule has 0 aliphatic carbocycles. The van der Waals surface area contributed by atoms with E-state index in [1.54, 1.807) is 6.20 Å². The van der Waals surface area contributed by atoms with E-state index in [1.165, 1.54) is 0 Å². The molecule has 0 aliphatic heterocycles. The molecule has 16 heavy (non-hydrogen) atoms. The first-order chi connectivity index (χ1) is 7.65. The molecule has 0 fully saturated rings. The number of likely N-dealkylation sites (N-methyl/N-ethyl adjacent to an activating group) is 1. The van der Waals surface area contributed by atoms with Gasteiger partial charge in [-0.1, -0.05) is 6.92 Å². The Morgan fingerprint density at radius 2 is 2.31 bits per heavy atom. The Labute approximate surface area is 95.4 Å². The van der Waals surface area contributed by atoms with Crippen LogP contribution in [-0.2, 0) is 17.9 Å². The highest BCUT2D eigenvalue weighted by molar-refractivity contribution is 5.75. The number of aromatic nitrogens is 1. The van der Waals surface area contributed by atoms with Crippen molar-refractivity contribution < 1.29 is 4.79 Å². The van der Waals surface area contributed by atoms with Crippen molar-refractivity contribution in [2.24, 2.45) is 11.5 Å². The SMILES string of the molecule is CCN(CC(N)=O)Cc1ccnc(CN)c1. The van der Waals surface area contributed by atoms with Crippen molar-refractivity contribution in [3.63, 3.8) is 0 Å². The third kappa shape index (κ3) is 3.96. The van der Waals surface area contributed by atoms with Crippen molar-refractivity contribution in [2.45, 2.75) is 20.0 Å². The highest BCUT2D eigenvalue weighted by Gasteiger charge is 2.07. The molecule has 0 spiro atoms. The predicted octanol–water partition coefficient (Wildman–Crippen LogP) is -0.152. The van der Waals surface area contributed by atoms with Crippen molar-refractivity contribution in [1.82, 2.24) is 9.88 Å². The fourth-order valence-corrected chi connectivity index (χ4v) is 1.50. The molecule has 1 rings (SSSR count). The monoisotopic (exact) mass is 222 g/mol. The maximum Gasteiger partial charge on any atom is 0.231 e. The summed E-state index contributed by atoms with van der Waals surface area (Å²) in [5.74, 6) is -0.310. The molecule has 0 bridgehead atoms. The summed E-state index contributed by atoms with van der Waals surface area (Å²) in [6, 6.07) is 3.87. The zero-order valence-electron chi connectivity index (χ0n) is 9.52. The van der Waals surface area contributed by atoms with Gasteiger partial charge in [-0.2, -0.15) is 0 Å². The first-order valence-corrected chi connectivity index (χ1v) is 5.30. The minimum atomic E-state index is -0.310. The molecule has 1 aromatic heterocycles. The number of carbonyl (C=O) groups excluding carboxylic acids is 1. The molecule has 1 amide bonds. The van der Waals surface area contributed by atoms with Gasteiger partial charge >= 0.3 is 0 Å². The van der Waals surface area contributed by atoms with Crippen LogP contribution in [0.15, 0.2) is 18.3 Å². The van der Waals surface area contributed by atoms with Gasteiger partial charge in [0.1, 0.15) is 0 Å². The van der Waals surface area contributed by atoms with Crippen LogP contribution in [0.3, 0.4) is 0 Å². The average molecular weight is 222 g/mol. The number of rotatable bonds is 6. The summed E-state index contributed by atoms with van der Waals surface area (Å²) in [4.78, 5) is 16.9. The van der Waals surface area contributed by atoms with Crippen LogP contribution < -0.4 is 11.5 Å². The third-order valence-corrected chi connectivity index (χ3v) is 2.32. The van der Waals surface area contributed by atoms with Gasteiger partial charge in [-0.05, 0) is 24.2 Å². The maximum atomic E-state index is 10.8. The maximum absolute atomic E-state index is 10.8. The number of amides is 1. The second-order valence-corrected chi connectivity index (χ2v) is 3.63. The first-order valence-electron chi connectivity index (χ1n) is 5.30. The molecule has 0 aliphatic rings. The zero-order valence-corrected chi connectivity index (χ0v) is 9.52. The van der Waals surface area contributed by atoms with Crippen LogP contribution in [0.1, 0.15) is 18.2 Å². The molecular weight excluding hydrogens is 204 g/mol. The van der Waals surface area contributed by atoms with Crippen molar-refractivity contribution in [3.8, 4) is 0 Å². The molecule has 0 aromatic carbocycles. The van der Waals surface area contributed by atoms with Gasteiger partial charge in [0.05, 0.1) is 12.2 Å². The molecule has 0 atom stereocenters. The van der Waals surface area contributed by atoms with Crippen LogP contribution in [0.4, 0.5) is 0 Å². The highest BCUT2D eigenvalue weighted by atomic mass is 16.1. The Bertz CT molecular complexity index is 354. The fourth-order valence-electron chi connectivity index (χ4n) is 1.50. The van der Waals surface area contributed by atoms with E-state index in [-0.39, 0.29) is 12.5 Å². The zero-order chi connectivity index (χ0) is 12.0. The Balaban J connectivity index is 2.65. The van der Waals surface area contributed by atoms with Crippen LogP contribution in [0, 0.1) is 0 Å². The Morgan fingerprint density at radius 3 is 2.88 bits per heavy atom. The minimum Gasteiger partial charge on any atom is -0.369 e. The van der Waals surface area contributed by atoms with Crippen molar-refractivity contribution >= 4 is 5.91 Å². The number of nitrogens with two attached hydrogens (primary N) is 2. The molecule has 88 valence electrons. The van der Waals surface area contributed by atoms with Gasteiger partial charge in [0.2, 0.25) is 5.91 Å². The number of hydrogen-bond acceptors (Lipinski definition) is 4. The van der Waals surface area contributed by atoms with Crippen LogP contribution in [0.25, 0.3) is 0 Å². The van der Waals surface area contributed by atoms with Gasteiger partial charge < -0.3 is 11.5 Å². The first kappa shape index (κ1) is 12.6. The van der Waals surface area contributed by atoms with Crippen molar-refractivity contribution in [2.75, 3.05) is 13.1 Å². The van der Waals surface area contributed by atoms with E-state index < -0.39 is 0 Å². The van der Waals surface area contributed by atoms with Crippen LogP contribution in [0.2, 0.25) is 0 Å². The molecule has 1 aromatic rings. The van der Waals surface area contributed by atoms with Crippen molar-refractivity contribution in [3.05, 3.63) is 29.6 Å². The molecule has 4 N–H and O–H groups in total. The standard InChI is InChI=1S/C11H18N4O/c1-2-15(8-11(13)16)7-9-3-4-14-10(5-9)6-12/h3-5H,2,6-8,12H2,1H3,(H2,13,16). The number of primary amides is 1. The number of carbonyl (C=O) groups is 1. The van der Waals surface area contributed by atoms with Gasteiger partial charge in [0.25, 0.3) is 0 Å². The van der Waals surface area contributed by atoms with Gasteiger partial charge in [-0.15, -0.1) is 0 Å². The lowest BCUT2D eigenvalue weighted by molar-refractivity contribution is -0.119. The van der Waals surface area contributed by atoms with Gasteiger partial charge in [0.15, 0.2) is 0 Å². The van der Waals surface area contributed by atoms with E-state index in [4.69, 9.17) is 11.5 Å². The molecule has 5 nitrogen and oxygen atoms in total. The summed E-state index contributed by atoms with van der Waals surface area (Å²) in [7, 11) is 0. The lowest BCUT2D eigenvalue weighted by Crippen LogP contribution is -2.33. The smallest absolute Gasteiger partial charge is 0.231 e. The number of hydrogen-bond donors (Lipinski definition) is 2. The predicted molar refractivity (Wildman–Crippen MR) is 62.3 cm³/mol. The normalized spacial score (nSPS) is 10.7. The molecule has 0 radical (unpaired) electrons. The quantitative estimate of drug-likeness (QED) is 0.701. The lowest BCUT2D eigenvalue weighted by Gasteiger charge is -2.18.